The van der Waals surface area contributed by atoms with Crippen LogP contribution in [0.15, 0.2) is 29.2 Å². The summed E-state index contributed by atoms with van der Waals surface area (Å²) in [7, 11) is 0. The summed E-state index contributed by atoms with van der Waals surface area (Å²) >= 11 is 1.75. The van der Waals surface area contributed by atoms with Crippen molar-refractivity contribution < 1.29 is 4.79 Å². The molecule has 0 aliphatic heterocycles. The van der Waals surface area contributed by atoms with Crippen LogP contribution in [0.3, 0.4) is 0 Å². The Morgan fingerprint density at radius 1 is 1.33 bits per heavy atom. The molecule has 0 fully saturated rings. The minimum atomic E-state index is -0.270. The number of aryl methyl sites for hydroxylation is 1. The highest BCUT2D eigenvalue weighted by atomic mass is 32.2. The van der Waals surface area contributed by atoms with Gasteiger partial charge in [0.25, 0.3) is 0 Å². The lowest BCUT2D eigenvalue weighted by Crippen LogP contribution is -2.44. The molecule has 0 heterocycles. The number of hydrogen-bond acceptors (Lipinski definition) is 3. The normalized spacial score (nSPS) is 12.7. The van der Waals surface area contributed by atoms with E-state index in [1.165, 1.54) is 10.5 Å². The SMILES string of the molecule is Cc1ccc(SCCC(NC(C)C)C(N)=O)cc1. The molecule has 0 spiro atoms. The van der Waals surface area contributed by atoms with E-state index in [9.17, 15) is 4.79 Å². The van der Waals surface area contributed by atoms with E-state index < -0.39 is 0 Å². The summed E-state index contributed by atoms with van der Waals surface area (Å²) in [6.07, 6.45) is 0.756. The van der Waals surface area contributed by atoms with E-state index in [1.807, 2.05) is 13.8 Å². The van der Waals surface area contributed by atoms with Crippen LogP contribution in [0, 0.1) is 6.92 Å². The molecule has 3 N–H and O–H groups in total. The summed E-state index contributed by atoms with van der Waals surface area (Å²) < 4.78 is 0. The molecule has 100 valence electrons. The fourth-order valence-electron chi connectivity index (χ4n) is 1.64. The quantitative estimate of drug-likeness (QED) is 0.745. The smallest absolute Gasteiger partial charge is 0.234 e. The van der Waals surface area contributed by atoms with Crippen molar-refractivity contribution in [2.45, 2.75) is 44.2 Å². The average Bonchev–Trinajstić information content (AvgIpc) is 2.29. The lowest BCUT2D eigenvalue weighted by molar-refractivity contribution is -0.120. The van der Waals surface area contributed by atoms with Crippen molar-refractivity contribution in [3.63, 3.8) is 0 Å². The van der Waals surface area contributed by atoms with Gasteiger partial charge in [0.05, 0.1) is 6.04 Å². The van der Waals surface area contributed by atoms with Gasteiger partial charge >= 0.3 is 0 Å². The van der Waals surface area contributed by atoms with Crippen molar-refractivity contribution in [1.29, 1.82) is 0 Å². The molecule has 0 saturated heterocycles. The molecule has 1 aromatic rings. The lowest BCUT2D eigenvalue weighted by Gasteiger charge is -2.17. The van der Waals surface area contributed by atoms with Gasteiger partial charge in [0.1, 0.15) is 0 Å². The first-order chi connectivity index (χ1) is 8.49. The van der Waals surface area contributed by atoms with Gasteiger partial charge in [-0.15, -0.1) is 11.8 Å². The molecule has 4 heteroatoms. The van der Waals surface area contributed by atoms with E-state index in [-0.39, 0.29) is 18.0 Å². The molecular weight excluding hydrogens is 244 g/mol. The predicted molar refractivity (Wildman–Crippen MR) is 77.8 cm³/mol. The first kappa shape index (κ1) is 15.1. The standard InChI is InChI=1S/C14H22N2OS/c1-10(2)16-13(14(15)17)8-9-18-12-6-4-11(3)5-7-12/h4-7,10,13,16H,8-9H2,1-3H3,(H2,15,17). The van der Waals surface area contributed by atoms with Crippen LogP contribution in [0.2, 0.25) is 0 Å². The Kier molecular flexibility index (Phi) is 6.22. The fourth-order valence-corrected chi connectivity index (χ4v) is 2.56. The first-order valence-electron chi connectivity index (χ1n) is 6.24. The van der Waals surface area contributed by atoms with E-state index in [0.717, 1.165) is 12.2 Å². The minimum absolute atomic E-state index is 0.233. The lowest BCUT2D eigenvalue weighted by atomic mass is 10.2. The topological polar surface area (TPSA) is 55.1 Å². The van der Waals surface area contributed by atoms with Crippen LogP contribution in [-0.4, -0.2) is 23.7 Å². The molecule has 1 rings (SSSR count). The largest absolute Gasteiger partial charge is 0.368 e. The van der Waals surface area contributed by atoms with E-state index in [1.54, 1.807) is 11.8 Å². The maximum absolute atomic E-state index is 11.3. The molecule has 0 aromatic heterocycles. The third-order valence-electron chi connectivity index (χ3n) is 2.57. The van der Waals surface area contributed by atoms with E-state index in [0.29, 0.717) is 0 Å². The number of carbonyl (C=O) groups is 1. The molecule has 1 unspecified atom stereocenters. The second-order valence-electron chi connectivity index (χ2n) is 4.73. The summed E-state index contributed by atoms with van der Waals surface area (Å²) in [6.45, 7) is 6.11. The van der Waals surface area contributed by atoms with Crippen molar-refractivity contribution in [3.8, 4) is 0 Å². The van der Waals surface area contributed by atoms with Gasteiger partial charge in [0.15, 0.2) is 0 Å². The number of carbonyl (C=O) groups excluding carboxylic acids is 1. The molecule has 0 radical (unpaired) electrons. The van der Waals surface area contributed by atoms with Crippen LogP contribution < -0.4 is 11.1 Å². The molecule has 3 nitrogen and oxygen atoms in total. The Labute approximate surface area is 114 Å². The Balaban J connectivity index is 2.38. The Morgan fingerprint density at radius 2 is 1.94 bits per heavy atom. The van der Waals surface area contributed by atoms with Gasteiger partial charge in [-0.3, -0.25) is 4.79 Å². The van der Waals surface area contributed by atoms with Crippen molar-refractivity contribution in [2.24, 2.45) is 5.73 Å². The van der Waals surface area contributed by atoms with Gasteiger partial charge in [0, 0.05) is 10.9 Å². The second-order valence-corrected chi connectivity index (χ2v) is 5.89. The highest BCUT2D eigenvalue weighted by molar-refractivity contribution is 7.99. The molecule has 1 amide bonds. The van der Waals surface area contributed by atoms with E-state index >= 15 is 0 Å². The maximum atomic E-state index is 11.3. The van der Waals surface area contributed by atoms with Crippen LogP contribution in [0.5, 0.6) is 0 Å². The molecule has 0 aliphatic carbocycles. The Morgan fingerprint density at radius 3 is 2.44 bits per heavy atom. The van der Waals surface area contributed by atoms with Gasteiger partial charge in [-0.05, 0) is 31.2 Å². The van der Waals surface area contributed by atoms with Crippen LogP contribution in [-0.2, 0) is 4.79 Å². The summed E-state index contributed by atoms with van der Waals surface area (Å²) in [5.41, 5.74) is 6.63. The van der Waals surface area contributed by atoms with Crippen LogP contribution in [0.1, 0.15) is 25.8 Å². The number of thioether (sulfide) groups is 1. The summed E-state index contributed by atoms with van der Waals surface area (Å²) in [5, 5.41) is 3.19. The third-order valence-corrected chi connectivity index (χ3v) is 3.62. The molecule has 18 heavy (non-hydrogen) atoms. The number of benzene rings is 1. The van der Waals surface area contributed by atoms with Crippen molar-refractivity contribution in [3.05, 3.63) is 29.8 Å². The zero-order chi connectivity index (χ0) is 13.5. The highest BCUT2D eigenvalue weighted by Crippen LogP contribution is 2.19. The Hall–Kier alpha value is -1.00. The van der Waals surface area contributed by atoms with Crippen molar-refractivity contribution in [2.75, 3.05) is 5.75 Å². The van der Waals surface area contributed by atoms with Gasteiger partial charge in [-0.1, -0.05) is 31.5 Å². The second kappa shape index (κ2) is 7.44. The fraction of sp³-hybridized carbons (Fsp3) is 0.500. The van der Waals surface area contributed by atoms with Crippen LogP contribution >= 0.6 is 11.8 Å². The van der Waals surface area contributed by atoms with E-state index in [2.05, 4.69) is 36.5 Å². The van der Waals surface area contributed by atoms with Crippen LogP contribution in [0.25, 0.3) is 0 Å². The van der Waals surface area contributed by atoms with Gasteiger partial charge in [0.2, 0.25) is 5.91 Å². The van der Waals surface area contributed by atoms with Crippen LogP contribution in [0.4, 0.5) is 0 Å². The van der Waals surface area contributed by atoms with Crippen molar-refractivity contribution in [1.82, 2.24) is 5.32 Å². The van der Waals surface area contributed by atoms with Crippen molar-refractivity contribution >= 4 is 17.7 Å². The summed E-state index contributed by atoms with van der Waals surface area (Å²) in [6, 6.07) is 8.44. The zero-order valence-electron chi connectivity index (χ0n) is 11.3. The summed E-state index contributed by atoms with van der Waals surface area (Å²) in [5.74, 6) is 0.615. The van der Waals surface area contributed by atoms with Gasteiger partial charge in [-0.25, -0.2) is 0 Å². The molecule has 0 saturated carbocycles. The minimum Gasteiger partial charge on any atom is -0.368 e. The zero-order valence-corrected chi connectivity index (χ0v) is 12.1. The molecule has 0 bridgehead atoms. The number of nitrogens with one attached hydrogen (secondary N) is 1. The third kappa shape index (κ3) is 5.56. The predicted octanol–water partition coefficient (Wildman–Crippen LogP) is 2.33. The first-order valence-corrected chi connectivity index (χ1v) is 7.22. The Bertz CT molecular complexity index is 376. The number of primary amides is 1. The van der Waals surface area contributed by atoms with Gasteiger partial charge < -0.3 is 11.1 Å². The molecule has 0 aliphatic rings. The molecule has 1 atom stereocenters. The molecule has 1 aromatic carbocycles. The number of nitrogens with two attached hydrogens (primary N) is 1. The highest BCUT2D eigenvalue weighted by Gasteiger charge is 2.15. The molecular formula is C14H22N2OS. The number of rotatable bonds is 7. The van der Waals surface area contributed by atoms with Gasteiger partial charge in [-0.2, -0.15) is 0 Å². The maximum Gasteiger partial charge on any atom is 0.234 e. The average molecular weight is 266 g/mol. The number of amides is 1. The monoisotopic (exact) mass is 266 g/mol. The number of hydrogen-bond donors (Lipinski definition) is 2. The van der Waals surface area contributed by atoms with E-state index in [4.69, 9.17) is 5.73 Å². The summed E-state index contributed by atoms with van der Waals surface area (Å²) in [4.78, 5) is 12.5.